The number of aryl methyl sites for hydroxylation is 2. The summed E-state index contributed by atoms with van der Waals surface area (Å²) < 4.78 is 0. The highest BCUT2D eigenvalue weighted by Gasteiger charge is 2.22. The first-order chi connectivity index (χ1) is 9.59. The van der Waals surface area contributed by atoms with Crippen LogP contribution in [-0.4, -0.2) is 29.9 Å². The van der Waals surface area contributed by atoms with Crippen LogP contribution in [0.1, 0.15) is 43.7 Å². The Morgan fingerprint density at radius 2 is 1.65 bits per heavy atom. The van der Waals surface area contributed by atoms with Gasteiger partial charge in [-0.25, -0.2) is 0 Å². The lowest BCUT2D eigenvalue weighted by Crippen LogP contribution is -2.42. The molecule has 1 aliphatic rings. The SMILES string of the molecule is Cc1cccc(C)c1NC(=O)[C@H](C)N1CCCCCC1. The lowest BCUT2D eigenvalue weighted by Gasteiger charge is -2.27. The second-order valence-electron chi connectivity index (χ2n) is 5.88. The lowest BCUT2D eigenvalue weighted by atomic mass is 10.1. The summed E-state index contributed by atoms with van der Waals surface area (Å²) in [6.45, 7) is 8.19. The van der Waals surface area contributed by atoms with Crippen molar-refractivity contribution in [3.63, 3.8) is 0 Å². The maximum atomic E-state index is 12.5. The van der Waals surface area contributed by atoms with Crippen molar-refractivity contribution in [3.05, 3.63) is 29.3 Å². The normalized spacial score (nSPS) is 18.4. The van der Waals surface area contributed by atoms with Crippen LogP contribution in [0.2, 0.25) is 0 Å². The van der Waals surface area contributed by atoms with Crippen LogP contribution in [-0.2, 0) is 4.79 Å². The zero-order valence-corrected chi connectivity index (χ0v) is 12.9. The number of amides is 1. The Hall–Kier alpha value is -1.35. The molecule has 110 valence electrons. The van der Waals surface area contributed by atoms with E-state index >= 15 is 0 Å². The quantitative estimate of drug-likeness (QED) is 0.915. The number of nitrogens with one attached hydrogen (secondary N) is 1. The number of hydrogen-bond acceptors (Lipinski definition) is 2. The minimum absolute atomic E-state index is 0.0490. The molecule has 1 heterocycles. The van der Waals surface area contributed by atoms with Gasteiger partial charge in [0.25, 0.3) is 0 Å². The number of carbonyl (C=O) groups excluding carboxylic acids is 1. The molecule has 1 aliphatic heterocycles. The molecule has 3 heteroatoms. The number of anilines is 1. The number of nitrogens with zero attached hydrogens (tertiary/aromatic N) is 1. The molecule has 0 unspecified atom stereocenters. The van der Waals surface area contributed by atoms with Crippen LogP contribution in [0, 0.1) is 13.8 Å². The van der Waals surface area contributed by atoms with Crippen molar-refractivity contribution in [2.45, 2.75) is 52.5 Å². The fraction of sp³-hybridized carbons (Fsp3) is 0.588. The van der Waals surface area contributed by atoms with Gasteiger partial charge >= 0.3 is 0 Å². The first-order valence-electron chi connectivity index (χ1n) is 7.70. The maximum absolute atomic E-state index is 12.5. The van der Waals surface area contributed by atoms with Crippen molar-refractivity contribution >= 4 is 11.6 Å². The van der Waals surface area contributed by atoms with Gasteiger partial charge in [-0.3, -0.25) is 9.69 Å². The Balaban J connectivity index is 2.03. The molecule has 20 heavy (non-hydrogen) atoms. The van der Waals surface area contributed by atoms with E-state index in [-0.39, 0.29) is 11.9 Å². The molecule has 1 N–H and O–H groups in total. The summed E-state index contributed by atoms with van der Waals surface area (Å²) in [4.78, 5) is 14.8. The molecule has 1 saturated heterocycles. The topological polar surface area (TPSA) is 32.3 Å². The molecular weight excluding hydrogens is 248 g/mol. The predicted octanol–water partition coefficient (Wildman–Crippen LogP) is 3.51. The average molecular weight is 274 g/mol. The van der Waals surface area contributed by atoms with Crippen LogP contribution in [0.5, 0.6) is 0 Å². The molecule has 0 radical (unpaired) electrons. The zero-order valence-electron chi connectivity index (χ0n) is 12.9. The molecule has 0 spiro atoms. The fourth-order valence-electron chi connectivity index (χ4n) is 2.89. The molecule has 3 nitrogen and oxygen atoms in total. The third kappa shape index (κ3) is 3.60. The summed E-state index contributed by atoms with van der Waals surface area (Å²) in [6, 6.07) is 6.06. The second kappa shape index (κ2) is 6.89. The molecule has 0 saturated carbocycles. The van der Waals surface area contributed by atoms with Gasteiger partial charge in [-0.15, -0.1) is 0 Å². The highest BCUT2D eigenvalue weighted by molar-refractivity contribution is 5.95. The van der Waals surface area contributed by atoms with Crippen LogP contribution in [0.15, 0.2) is 18.2 Å². The number of likely N-dealkylation sites (tertiary alicyclic amines) is 1. The summed E-state index contributed by atoms with van der Waals surface area (Å²) in [5, 5.41) is 3.12. The standard InChI is InChI=1S/C17H26N2O/c1-13-9-8-10-14(2)16(13)18-17(20)15(3)19-11-6-4-5-7-12-19/h8-10,15H,4-7,11-12H2,1-3H3,(H,18,20)/t15-/m0/s1. The van der Waals surface area contributed by atoms with Gasteiger partial charge in [0.05, 0.1) is 6.04 Å². The van der Waals surface area contributed by atoms with E-state index in [1.54, 1.807) is 0 Å². The van der Waals surface area contributed by atoms with E-state index in [0.29, 0.717) is 0 Å². The van der Waals surface area contributed by atoms with Gasteiger partial charge in [-0.05, 0) is 57.8 Å². The number of benzene rings is 1. The average Bonchev–Trinajstić information content (AvgIpc) is 2.71. The fourth-order valence-corrected chi connectivity index (χ4v) is 2.89. The van der Waals surface area contributed by atoms with Gasteiger partial charge in [-0.2, -0.15) is 0 Å². The minimum Gasteiger partial charge on any atom is -0.324 e. The van der Waals surface area contributed by atoms with Crippen LogP contribution >= 0.6 is 0 Å². The highest BCUT2D eigenvalue weighted by atomic mass is 16.2. The van der Waals surface area contributed by atoms with Crippen molar-refractivity contribution in [1.82, 2.24) is 4.90 Å². The molecule has 1 aromatic carbocycles. The molecule has 1 aromatic rings. The molecule has 0 aliphatic carbocycles. The Morgan fingerprint density at radius 1 is 1.10 bits per heavy atom. The number of hydrogen-bond donors (Lipinski definition) is 1. The predicted molar refractivity (Wildman–Crippen MR) is 84.0 cm³/mol. The minimum atomic E-state index is -0.0490. The van der Waals surface area contributed by atoms with E-state index in [4.69, 9.17) is 0 Å². The molecule has 1 amide bonds. The zero-order chi connectivity index (χ0) is 14.5. The van der Waals surface area contributed by atoms with E-state index < -0.39 is 0 Å². The van der Waals surface area contributed by atoms with Crippen molar-refractivity contribution < 1.29 is 4.79 Å². The Bertz CT molecular complexity index is 442. The van der Waals surface area contributed by atoms with E-state index in [2.05, 4.69) is 10.2 Å². The first-order valence-corrected chi connectivity index (χ1v) is 7.70. The number of para-hydroxylation sites is 1. The monoisotopic (exact) mass is 274 g/mol. The van der Waals surface area contributed by atoms with Gasteiger partial charge < -0.3 is 5.32 Å². The third-order valence-electron chi connectivity index (χ3n) is 4.30. The van der Waals surface area contributed by atoms with Gasteiger partial charge in [-0.1, -0.05) is 31.0 Å². The molecule has 1 atom stereocenters. The second-order valence-corrected chi connectivity index (χ2v) is 5.88. The molecule has 2 rings (SSSR count). The van der Waals surface area contributed by atoms with E-state index in [1.165, 1.54) is 25.7 Å². The van der Waals surface area contributed by atoms with Crippen molar-refractivity contribution in [2.75, 3.05) is 18.4 Å². The van der Waals surface area contributed by atoms with Gasteiger partial charge in [0, 0.05) is 5.69 Å². The smallest absolute Gasteiger partial charge is 0.241 e. The van der Waals surface area contributed by atoms with Crippen LogP contribution in [0.3, 0.4) is 0 Å². The maximum Gasteiger partial charge on any atom is 0.241 e. The van der Waals surface area contributed by atoms with E-state index in [9.17, 15) is 4.79 Å². The first kappa shape index (κ1) is 15.0. The Kier molecular flexibility index (Phi) is 5.18. The summed E-state index contributed by atoms with van der Waals surface area (Å²) in [7, 11) is 0. The summed E-state index contributed by atoms with van der Waals surface area (Å²) in [5.41, 5.74) is 3.22. The number of carbonyl (C=O) groups is 1. The molecular formula is C17H26N2O. The molecule has 1 fully saturated rings. The Morgan fingerprint density at radius 3 is 2.20 bits per heavy atom. The highest BCUT2D eigenvalue weighted by Crippen LogP contribution is 2.20. The van der Waals surface area contributed by atoms with Crippen molar-refractivity contribution in [2.24, 2.45) is 0 Å². The Labute approximate surface area is 122 Å². The van der Waals surface area contributed by atoms with E-state index in [1.807, 2.05) is 39.0 Å². The lowest BCUT2D eigenvalue weighted by molar-refractivity contribution is -0.120. The van der Waals surface area contributed by atoms with Crippen molar-refractivity contribution in [1.29, 1.82) is 0 Å². The third-order valence-corrected chi connectivity index (χ3v) is 4.30. The van der Waals surface area contributed by atoms with Gasteiger partial charge in [0.2, 0.25) is 5.91 Å². The molecule has 0 aromatic heterocycles. The van der Waals surface area contributed by atoms with Crippen LogP contribution in [0.25, 0.3) is 0 Å². The van der Waals surface area contributed by atoms with Crippen molar-refractivity contribution in [3.8, 4) is 0 Å². The summed E-state index contributed by atoms with van der Waals surface area (Å²) in [6.07, 6.45) is 5.01. The summed E-state index contributed by atoms with van der Waals surface area (Å²) in [5.74, 6) is 0.115. The van der Waals surface area contributed by atoms with E-state index in [0.717, 1.165) is 29.9 Å². The van der Waals surface area contributed by atoms with Crippen LogP contribution in [0.4, 0.5) is 5.69 Å². The largest absolute Gasteiger partial charge is 0.324 e. The van der Waals surface area contributed by atoms with Gasteiger partial charge in [0.1, 0.15) is 0 Å². The van der Waals surface area contributed by atoms with Crippen LogP contribution < -0.4 is 5.32 Å². The van der Waals surface area contributed by atoms with Gasteiger partial charge in [0.15, 0.2) is 0 Å². The molecule has 0 bridgehead atoms. The number of rotatable bonds is 3. The summed E-state index contributed by atoms with van der Waals surface area (Å²) >= 11 is 0.